The fraction of sp³-hybridized carbons (Fsp3) is 0.600. The zero-order valence-corrected chi connectivity index (χ0v) is 5.41. The molecule has 10 heavy (non-hydrogen) atoms. The quantitative estimate of drug-likeness (QED) is 0.318. The van der Waals surface area contributed by atoms with Gasteiger partial charge in [0.25, 0.3) is 0 Å². The van der Waals surface area contributed by atoms with Crippen LogP contribution < -0.4 is 0 Å². The molecule has 0 unspecified atom stereocenters. The predicted octanol–water partition coefficient (Wildman–Crippen LogP) is 0.0305. The standard InChI is InChI=1S/C5H8NO4/c1-2-10-5(7)3-4-6(8)9/h1-4H2. The smallest absolute Gasteiger partial charge is 0.312 e. The molecule has 57 valence electrons. The van der Waals surface area contributed by atoms with Crippen LogP contribution in [0.5, 0.6) is 0 Å². The fourth-order valence-electron chi connectivity index (χ4n) is 0.369. The van der Waals surface area contributed by atoms with Crippen molar-refractivity contribution in [3.63, 3.8) is 0 Å². The van der Waals surface area contributed by atoms with Crippen molar-refractivity contribution < 1.29 is 14.5 Å². The van der Waals surface area contributed by atoms with Gasteiger partial charge in [0, 0.05) is 4.92 Å². The second-order valence-corrected chi connectivity index (χ2v) is 1.53. The number of carbonyl (C=O) groups excluding carboxylic acids is 1. The van der Waals surface area contributed by atoms with Crippen LogP contribution in [0.2, 0.25) is 0 Å². The molecule has 0 aromatic carbocycles. The number of nitrogens with zero attached hydrogens (tertiary/aromatic N) is 1. The minimum absolute atomic E-state index is 0.0244. The Morgan fingerprint density at radius 2 is 2.30 bits per heavy atom. The van der Waals surface area contributed by atoms with Crippen LogP contribution in [0.25, 0.3) is 0 Å². The van der Waals surface area contributed by atoms with E-state index in [0.29, 0.717) is 0 Å². The van der Waals surface area contributed by atoms with Crippen LogP contribution in [0, 0.1) is 17.0 Å². The maximum Gasteiger partial charge on any atom is 0.312 e. The van der Waals surface area contributed by atoms with Crippen LogP contribution >= 0.6 is 0 Å². The highest BCUT2D eigenvalue weighted by Gasteiger charge is 2.05. The fourth-order valence-corrected chi connectivity index (χ4v) is 0.369. The first-order valence-corrected chi connectivity index (χ1v) is 2.73. The van der Waals surface area contributed by atoms with Crippen LogP contribution in [0.15, 0.2) is 0 Å². The molecule has 0 aliphatic rings. The number of ether oxygens (including phenoxy) is 1. The Hall–Kier alpha value is -1.13. The third-order valence-electron chi connectivity index (χ3n) is 0.762. The van der Waals surface area contributed by atoms with Crippen LogP contribution in [0.1, 0.15) is 6.42 Å². The van der Waals surface area contributed by atoms with E-state index in [1.54, 1.807) is 0 Å². The van der Waals surface area contributed by atoms with Gasteiger partial charge in [-0.1, -0.05) is 0 Å². The monoisotopic (exact) mass is 146 g/mol. The summed E-state index contributed by atoms with van der Waals surface area (Å²) in [6.45, 7) is 2.89. The summed E-state index contributed by atoms with van der Waals surface area (Å²) in [5.41, 5.74) is 0. The van der Waals surface area contributed by atoms with Gasteiger partial charge in [-0.2, -0.15) is 0 Å². The molecule has 5 nitrogen and oxygen atoms in total. The molecule has 0 saturated heterocycles. The van der Waals surface area contributed by atoms with Crippen molar-refractivity contribution in [1.29, 1.82) is 0 Å². The van der Waals surface area contributed by atoms with Gasteiger partial charge >= 0.3 is 5.97 Å². The van der Waals surface area contributed by atoms with Crippen molar-refractivity contribution in [1.82, 2.24) is 0 Å². The van der Waals surface area contributed by atoms with E-state index in [9.17, 15) is 14.9 Å². The van der Waals surface area contributed by atoms with Crippen LogP contribution in [0.3, 0.4) is 0 Å². The lowest BCUT2D eigenvalue weighted by Gasteiger charge is -1.96. The maximum absolute atomic E-state index is 10.4. The van der Waals surface area contributed by atoms with Crippen molar-refractivity contribution in [2.45, 2.75) is 6.42 Å². The van der Waals surface area contributed by atoms with Gasteiger partial charge in [-0.05, 0) is 6.92 Å². The summed E-state index contributed by atoms with van der Waals surface area (Å²) >= 11 is 0. The average Bonchev–Trinajstić information content (AvgIpc) is 1.85. The van der Waals surface area contributed by atoms with E-state index in [1.807, 2.05) is 0 Å². The molecule has 0 saturated carbocycles. The largest absolute Gasteiger partial charge is 0.465 e. The lowest BCUT2D eigenvalue weighted by Crippen LogP contribution is -2.10. The average molecular weight is 146 g/mol. The highest BCUT2D eigenvalue weighted by molar-refractivity contribution is 5.69. The van der Waals surface area contributed by atoms with Crippen molar-refractivity contribution in [2.75, 3.05) is 13.2 Å². The van der Waals surface area contributed by atoms with Gasteiger partial charge in [0.15, 0.2) is 0 Å². The third kappa shape index (κ3) is 5.02. The summed E-state index contributed by atoms with van der Waals surface area (Å²) in [7, 11) is 0. The van der Waals surface area contributed by atoms with E-state index >= 15 is 0 Å². The zero-order chi connectivity index (χ0) is 7.98. The summed E-state index contributed by atoms with van der Waals surface area (Å²) in [5, 5.41) is 9.69. The van der Waals surface area contributed by atoms with E-state index in [4.69, 9.17) is 0 Å². The molecule has 1 radical (unpaired) electrons. The van der Waals surface area contributed by atoms with Crippen LogP contribution in [0.4, 0.5) is 0 Å². The minimum atomic E-state index is -0.577. The van der Waals surface area contributed by atoms with Crippen LogP contribution in [-0.4, -0.2) is 24.0 Å². The van der Waals surface area contributed by atoms with E-state index in [-0.39, 0.29) is 19.6 Å². The lowest BCUT2D eigenvalue weighted by molar-refractivity contribution is -0.478. The Balaban J connectivity index is 3.30. The van der Waals surface area contributed by atoms with Crippen LogP contribution in [-0.2, 0) is 9.53 Å². The van der Waals surface area contributed by atoms with Gasteiger partial charge in [0.1, 0.15) is 6.42 Å². The third-order valence-corrected chi connectivity index (χ3v) is 0.762. The molecule has 0 atom stereocenters. The second kappa shape index (κ2) is 4.72. The van der Waals surface area contributed by atoms with Gasteiger partial charge in [-0.25, -0.2) is 0 Å². The summed E-state index contributed by atoms with van der Waals surface area (Å²) in [6.07, 6.45) is -0.178. The summed E-state index contributed by atoms with van der Waals surface area (Å²) in [5.74, 6) is -0.577. The lowest BCUT2D eigenvalue weighted by atomic mass is 10.4. The van der Waals surface area contributed by atoms with Crippen molar-refractivity contribution in [3.8, 4) is 0 Å². The predicted molar refractivity (Wildman–Crippen MR) is 32.8 cm³/mol. The summed E-state index contributed by atoms with van der Waals surface area (Å²) < 4.78 is 4.34. The molecule has 0 spiro atoms. The molecule has 0 amide bonds. The zero-order valence-electron chi connectivity index (χ0n) is 5.41. The van der Waals surface area contributed by atoms with Gasteiger partial charge in [0.2, 0.25) is 6.54 Å². The Kier molecular flexibility index (Phi) is 4.19. The molecule has 0 aromatic rings. The first-order chi connectivity index (χ1) is 4.66. The number of hydrogen-bond acceptors (Lipinski definition) is 4. The molecule has 0 rings (SSSR count). The molecule has 0 aliphatic carbocycles. The first-order valence-electron chi connectivity index (χ1n) is 2.73. The molecule has 0 aliphatic heterocycles. The molecule has 0 fully saturated rings. The van der Waals surface area contributed by atoms with Gasteiger partial charge in [-0.3, -0.25) is 14.9 Å². The van der Waals surface area contributed by atoms with Gasteiger partial charge in [0.05, 0.1) is 6.61 Å². The topological polar surface area (TPSA) is 69.4 Å². The highest BCUT2D eigenvalue weighted by Crippen LogP contribution is 1.85. The summed E-state index contributed by atoms with van der Waals surface area (Å²) in [4.78, 5) is 19.5. The van der Waals surface area contributed by atoms with E-state index in [1.165, 1.54) is 0 Å². The minimum Gasteiger partial charge on any atom is -0.465 e. The second-order valence-electron chi connectivity index (χ2n) is 1.53. The maximum atomic E-state index is 10.4. The van der Waals surface area contributed by atoms with E-state index < -0.39 is 10.9 Å². The number of esters is 1. The number of carbonyl (C=O) groups is 1. The molecule has 0 bridgehead atoms. The number of rotatable bonds is 4. The number of hydrogen-bond donors (Lipinski definition) is 0. The SMILES string of the molecule is [CH2]COC(=O)CC[N+](=O)[O-]. The molecule has 5 heteroatoms. The Morgan fingerprint density at radius 3 is 2.70 bits per heavy atom. The molecular weight excluding hydrogens is 138 g/mol. The molecular formula is C5H8NO4. The number of nitro groups is 1. The first kappa shape index (κ1) is 8.87. The molecule has 0 N–H and O–H groups in total. The van der Waals surface area contributed by atoms with E-state index in [2.05, 4.69) is 11.7 Å². The summed E-state index contributed by atoms with van der Waals surface area (Å²) in [6, 6.07) is 0. The van der Waals surface area contributed by atoms with E-state index in [0.717, 1.165) is 0 Å². The molecule has 0 aromatic heterocycles. The van der Waals surface area contributed by atoms with Gasteiger partial charge in [-0.15, -0.1) is 0 Å². The van der Waals surface area contributed by atoms with Crippen molar-refractivity contribution in [3.05, 3.63) is 17.0 Å². The van der Waals surface area contributed by atoms with Crippen molar-refractivity contribution in [2.24, 2.45) is 0 Å². The Labute approximate surface area is 58.1 Å². The van der Waals surface area contributed by atoms with Crippen molar-refractivity contribution >= 4 is 5.97 Å². The Bertz CT molecular complexity index is 134. The Morgan fingerprint density at radius 1 is 1.70 bits per heavy atom. The molecule has 0 heterocycles. The highest BCUT2D eigenvalue weighted by atomic mass is 16.6. The van der Waals surface area contributed by atoms with Gasteiger partial charge < -0.3 is 4.74 Å². The normalized spacial score (nSPS) is 8.90.